The molecule has 25 heavy (non-hydrogen) atoms. The summed E-state index contributed by atoms with van der Waals surface area (Å²) in [5, 5.41) is 2.84. The van der Waals surface area contributed by atoms with Crippen LogP contribution in [0.5, 0.6) is 0 Å². The normalized spacial score (nSPS) is 18.7. The van der Waals surface area contributed by atoms with Gasteiger partial charge in [0.15, 0.2) is 0 Å². The van der Waals surface area contributed by atoms with Gasteiger partial charge in [-0.3, -0.25) is 9.59 Å². The van der Waals surface area contributed by atoms with Gasteiger partial charge in [0, 0.05) is 38.2 Å². The Hall–Kier alpha value is -1.92. The summed E-state index contributed by atoms with van der Waals surface area (Å²) in [5.74, 6) is 0.347. The van der Waals surface area contributed by atoms with E-state index < -0.39 is 5.41 Å². The number of hydrogen-bond donors (Lipinski definition) is 1. The van der Waals surface area contributed by atoms with Crippen LogP contribution in [0, 0.1) is 5.92 Å². The lowest BCUT2D eigenvalue weighted by molar-refractivity contribution is -0.126. The van der Waals surface area contributed by atoms with Gasteiger partial charge in [0.2, 0.25) is 11.8 Å². The van der Waals surface area contributed by atoms with Gasteiger partial charge in [-0.05, 0) is 42.5 Å². The molecule has 1 aromatic carbocycles. The smallest absolute Gasteiger partial charge is 0.250 e. The van der Waals surface area contributed by atoms with E-state index in [0.29, 0.717) is 44.2 Å². The van der Waals surface area contributed by atoms with E-state index in [-0.39, 0.29) is 18.4 Å². The number of ether oxygens (including phenoxy) is 2. The van der Waals surface area contributed by atoms with Gasteiger partial charge in [0.25, 0.3) is 0 Å². The molecule has 3 rings (SSSR count). The average Bonchev–Trinajstić information content (AvgIpc) is 2.78. The Labute approximate surface area is 148 Å². The summed E-state index contributed by atoms with van der Waals surface area (Å²) in [6, 6.07) is 5.75. The monoisotopic (exact) mass is 346 g/mol. The first-order valence-electron chi connectivity index (χ1n) is 8.81. The lowest BCUT2D eigenvalue weighted by atomic mass is 9.75. The average molecular weight is 346 g/mol. The Bertz CT molecular complexity index is 665. The van der Waals surface area contributed by atoms with Gasteiger partial charge in [0.1, 0.15) is 6.61 Å². The minimum atomic E-state index is -0.523. The zero-order chi connectivity index (χ0) is 18.0. The Morgan fingerprint density at radius 2 is 2.08 bits per heavy atom. The van der Waals surface area contributed by atoms with Gasteiger partial charge in [0.05, 0.1) is 5.41 Å². The molecule has 2 aliphatic rings. The van der Waals surface area contributed by atoms with Crippen LogP contribution >= 0.6 is 0 Å². The van der Waals surface area contributed by atoms with Crippen molar-refractivity contribution in [1.29, 1.82) is 0 Å². The highest BCUT2D eigenvalue weighted by Gasteiger charge is 2.51. The summed E-state index contributed by atoms with van der Waals surface area (Å²) in [5.41, 5.74) is 2.15. The molecule has 0 bridgehead atoms. The number of amides is 2. The summed E-state index contributed by atoms with van der Waals surface area (Å²) in [6.07, 6.45) is 1.37. The molecular weight excluding hydrogens is 320 g/mol. The number of hydrogen-bond acceptors (Lipinski definition) is 4. The lowest BCUT2D eigenvalue weighted by Crippen LogP contribution is -2.45. The maximum Gasteiger partial charge on any atom is 0.250 e. The molecule has 6 nitrogen and oxygen atoms in total. The number of rotatable bonds is 5. The van der Waals surface area contributed by atoms with Gasteiger partial charge in [-0.15, -0.1) is 0 Å². The molecule has 6 heteroatoms. The molecule has 0 unspecified atom stereocenters. The van der Waals surface area contributed by atoms with Crippen LogP contribution in [0.3, 0.4) is 0 Å². The molecule has 136 valence electrons. The van der Waals surface area contributed by atoms with Gasteiger partial charge in [-0.25, -0.2) is 0 Å². The molecule has 1 aromatic rings. The fourth-order valence-corrected chi connectivity index (χ4v) is 3.79. The molecule has 2 amide bonds. The van der Waals surface area contributed by atoms with Crippen molar-refractivity contribution in [2.75, 3.05) is 43.7 Å². The van der Waals surface area contributed by atoms with Crippen LogP contribution in [0.1, 0.15) is 32.3 Å². The maximum absolute atomic E-state index is 13.3. The van der Waals surface area contributed by atoms with E-state index in [1.54, 1.807) is 0 Å². The van der Waals surface area contributed by atoms with Gasteiger partial charge < -0.3 is 19.7 Å². The number of fused-ring (bicyclic) bond motifs is 2. The van der Waals surface area contributed by atoms with Crippen LogP contribution in [0.15, 0.2) is 18.2 Å². The van der Waals surface area contributed by atoms with Crippen molar-refractivity contribution in [1.82, 2.24) is 0 Å². The molecule has 1 N–H and O–H groups in total. The molecule has 0 aliphatic carbocycles. The third kappa shape index (κ3) is 3.28. The Morgan fingerprint density at radius 1 is 1.36 bits per heavy atom. The third-order valence-corrected chi connectivity index (χ3v) is 4.91. The molecule has 0 saturated carbocycles. The number of carbonyl (C=O) groups excluding carboxylic acids is 2. The van der Waals surface area contributed by atoms with E-state index in [2.05, 4.69) is 19.2 Å². The van der Waals surface area contributed by atoms with Crippen molar-refractivity contribution < 1.29 is 19.1 Å². The van der Waals surface area contributed by atoms with Crippen LogP contribution in [-0.4, -0.2) is 45.3 Å². The van der Waals surface area contributed by atoms with Crippen LogP contribution in [0.4, 0.5) is 11.4 Å². The summed E-state index contributed by atoms with van der Waals surface area (Å²) in [6.45, 7) is 6.10. The van der Waals surface area contributed by atoms with Crippen LogP contribution in [0.25, 0.3) is 0 Å². The fourth-order valence-electron chi connectivity index (χ4n) is 3.79. The Morgan fingerprint density at radius 3 is 2.72 bits per heavy atom. The first-order chi connectivity index (χ1) is 12.0. The number of benzene rings is 1. The predicted molar refractivity (Wildman–Crippen MR) is 95.9 cm³/mol. The molecule has 2 aliphatic heterocycles. The van der Waals surface area contributed by atoms with E-state index >= 15 is 0 Å². The van der Waals surface area contributed by atoms with Crippen LogP contribution < -0.4 is 10.2 Å². The number of methoxy groups -OCH3 is 1. The maximum atomic E-state index is 13.3. The van der Waals surface area contributed by atoms with Crippen molar-refractivity contribution in [2.24, 2.45) is 5.92 Å². The van der Waals surface area contributed by atoms with E-state index in [1.807, 2.05) is 23.1 Å². The summed E-state index contributed by atoms with van der Waals surface area (Å²) >= 11 is 0. The minimum Gasteiger partial charge on any atom is -0.381 e. The second-order valence-electron chi connectivity index (χ2n) is 7.22. The summed E-state index contributed by atoms with van der Waals surface area (Å²) in [4.78, 5) is 27.0. The first-order valence-corrected chi connectivity index (χ1v) is 8.81. The molecule has 0 aromatic heterocycles. The largest absolute Gasteiger partial charge is 0.381 e. The highest BCUT2D eigenvalue weighted by molar-refractivity contribution is 6.09. The van der Waals surface area contributed by atoms with E-state index in [0.717, 1.165) is 11.3 Å². The Balaban J connectivity index is 1.98. The molecular formula is C19H26N2O4. The second-order valence-corrected chi connectivity index (χ2v) is 7.22. The standard InChI is InChI=1S/C19H26N2O4/c1-13(2)11-21-16-5-4-14(20-17(22)12-24-3)10-15(16)19(18(21)23)6-8-25-9-7-19/h4-5,10,13H,6-9,11-12H2,1-3H3,(H,20,22). The molecule has 1 spiro atoms. The number of nitrogens with zero attached hydrogens (tertiary/aromatic N) is 1. The van der Waals surface area contributed by atoms with Gasteiger partial charge >= 0.3 is 0 Å². The van der Waals surface area contributed by atoms with E-state index in [9.17, 15) is 9.59 Å². The molecule has 1 fully saturated rings. The molecule has 2 heterocycles. The predicted octanol–water partition coefficient (Wildman–Crippen LogP) is 2.32. The minimum absolute atomic E-state index is 0.00841. The zero-order valence-corrected chi connectivity index (χ0v) is 15.1. The third-order valence-electron chi connectivity index (χ3n) is 4.91. The van der Waals surface area contributed by atoms with E-state index in [4.69, 9.17) is 9.47 Å². The number of carbonyl (C=O) groups is 2. The van der Waals surface area contributed by atoms with Crippen molar-refractivity contribution in [3.8, 4) is 0 Å². The molecule has 0 radical (unpaired) electrons. The van der Waals surface area contributed by atoms with Crippen LogP contribution in [0.2, 0.25) is 0 Å². The van der Waals surface area contributed by atoms with Crippen molar-refractivity contribution in [3.63, 3.8) is 0 Å². The number of anilines is 2. The topological polar surface area (TPSA) is 67.9 Å². The van der Waals surface area contributed by atoms with Gasteiger partial charge in [-0.2, -0.15) is 0 Å². The Kier molecular flexibility index (Phi) is 5.11. The van der Waals surface area contributed by atoms with Crippen molar-refractivity contribution >= 4 is 23.2 Å². The summed E-state index contributed by atoms with van der Waals surface area (Å²) < 4.78 is 10.4. The highest BCUT2D eigenvalue weighted by atomic mass is 16.5. The highest BCUT2D eigenvalue weighted by Crippen LogP contribution is 2.48. The van der Waals surface area contributed by atoms with Crippen molar-refractivity contribution in [3.05, 3.63) is 23.8 Å². The first kappa shape index (κ1) is 17.9. The number of nitrogens with one attached hydrogen (secondary N) is 1. The van der Waals surface area contributed by atoms with Crippen LogP contribution in [-0.2, 0) is 24.5 Å². The van der Waals surface area contributed by atoms with Gasteiger partial charge in [-0.1, -0.05) is 13.8 Å². The fraction of sp³-hybridized carbons (Fsp3) is 0.579. The SMILES string of the molecule is COCC(=O)Nc1ccc2c(c1)C1(CCOCC1)C(=O)N2CC(C)C. The molecule has 0 atom stereocenters. The zero-order valence-electron chi connectivity index (χ0n) is 15.1. The summed E-state index contributed by atoms with van der Waals surface area (Å²) in [7, 11) is 1.49. The molecule has 1 saturated heterocycles. The van der Waals surface area contributed by atoms with Crippen molar-refractivity contribution in [2.45, 2.75) is 32.1 Å². The quantitative estimate of drug-likeness (QED) is 0.888. The van der Waals surface area contributed by atoms with E-state index in [1.165, 1.54) is 7.11 Å². The second kappa shape index (κ2) is 7.14. The lowest BCUT2D eigenvalue weighted by Gasteiger charge is -2.32.